The third kappa shape index (κ3) is 5.56. The molecule has 0 heterocycles. The fraction of sp³-hybridized carbons (Fsp3) is 0.278. The van der Waals surface area contributed by atoms with E-state index in [9.17, 15) is 17.6 Å². The summed E-state index contributed by atoms with van der Waals surface area (Å²) in [6.07, 6.45) is 0.927. The predicted molar refractivity (Wildman–Crippen MR) is 96.2 cm³/mol. The minimum absolute atomic E-state index is 0.0589. The number of hydrogen-bond donors (Lipinski definition) is 1. The number of amides is 1. The summed E-state index contributed by atoms with van der Waals surface area (Å²) in [7, 11) is -3.69. The molecule has 0 saturated carbocycles. The van der Waals surface area contributed by atoms with Crippen molar-refractivity contribution in [3.63, 3.8) is 0 Å². The third-order valence-corrected chi connectivity index (χ3v) is 4.85. The molecule has 0 unspecified atom stereocenters. The Balaban J connectivity index is 1.97. The highest BCUT2D eigenvalue weighted by molar-refractivity contribution is 7.92. The van der Waals surface area contributed by atoms with Crippen LogP contribution in [0.2, 0.25) is 0 Å². The van der Waals surface area contributed by atoms with Crippen LogP contribution in [0.15, 0.2) is 48.5 Å². The second-order valence-corrected chi connectivity index (χ2v) is 7.71. The van der Waals surface area contributed by atoms with Crippen molar-refractivity contribution in [1.82, 2.24) is 5.32 Å². The number of carbonyl (C=O) groups excluding carboxylic acids is 1. The van der Waals surface area contributed by atoms with Crippen LogP contribution in [0.25, 0.3) is 0 Å². The summed E-state index contributed by atoms with van der Waals surface area (Å²) < 4.78 is 38.7. The Bertz CT molecular complexity index is 836. The Kier molecular flexibility index (Phi) is 6.14. The van der Waals surface area contributed by atoms with Crippen molar-refractivity contribution in [2.45, 2.75) is 19.9 Å². The monoisotopic (exact) mass is 364 g/mol. The van der Waals surface area contributed by atoms with Crippen LogP contribution in [0.5, 0.6) is 0 Å². The highest BCUT2D eigenvalue weighted by atomic mass is 32.2. The average molecular weight is 364 g/mol. The van der Waals surface area contributed by atoms with Crippen LogP contribution < -0.4 is 9.62 Å². The molecule has 1 N–H and O–H groups in total. The van der Waals surface area contributed by atoms with E-state index in [1.165, 1.54) is 18.2 Å². The smallest absolute Gasteiger partial charge is 0.232 e. The number of nitrogens with one attached hydrogen (secondary N) is 1. The van der Waals surface area contributed by atoms with Crippen LogP contribution in [-0.4, -0.2) is 27.1 Å². The van der Waals surface area contributed by atoms with Gasteiger partial charge in [0.05, 0.1) is 11.9 Å². The lowest BCUT2D eigenvalue weighted by atomic mass is 10.1. The van der Waals surface area contributed by atoms with Crippen molar-refractivity contribution in [3.05, 3.63) is 65.5 Å². The van der Waals surface area contributed by atoms with Gasteiger partial charge in [0.15, 0.2) is 0 Å². The molecule has 25 heavy (non-hydrogen) atoms. The summed E-state index contributed by atoms with van der Waals surface area (Å²) in [5.41, 5.74) is 2.02. The number of para-hydroxylation sites is 1. The van der Waals surface area contributed by atoms with Crippen LogP contribution in [0, 0.1) is 12.7 Å². The summed E-state index contributed by atoms with van der Waals surface area (Å²) in [4.78, 5) is 12.0. The number of rotatable bonds is 7. The van der Waals surface area contributed by atoms with Gasteiger partial charge in [-0.05, 0) is 24.6 Å². The minimum atomic E-state index is -3.69. The molecule has 2 aromatic carbocycles. The van der Waals surface area contributed by atoms with Crippen molar-refractivity contribution >= 4 is 21.6 Å². The van der Waals surface area contributed by atoms with E-state index in [0.29, 0.717) is 6.54 Å². The SMILES string of the molecule is Cc1ccc(CNC(=O)CCN(c2ccccc2F)S(C)(=O)=O)cc1. The topological polar surface area (TPSA) is 66.5 Å². The number of halogens is 1. The number of anilines is 1. The fourth-order valence-corrected chi connectivity index (χ4v) is 3.25. The van der Waals surface area contributed by atoms with Gasteiger partial charge in [-0.1, -0.05) is 42.0 Å². The Hall–Kier alpha value is -2.41. The average Bonchev–Trinajstić information content (AvgIpc) is 2.55. The molecule has 0 radical (unpaired) electrons. The molecule has 0 aromatic heterocycles. The molecular weight excluding hydrogens is 343 g/mol. The first-order chi connectivity index (χ1) is 11.8. The second kappa shape index (κ2) is 8.11. The standard InChI is InChI=1S/C18H21FN2O3S/c1-14-7-9-15(10-8-14)13-20-18(22)11-12-21(25(2,23)24)17-6-4-3-5-16(17)19/h3-10H,11-13H2,1-2H3,(H,20,22). The molecule has 2 aromatic rings. The zero-order valence-electron chi connectivity index (χ0n) is 14.2. The highest BCUT2D eigenvalue weighted by Crippen LogP contribution is 2.21. The van der Waals surface area contributed by atoms with Gasteiger partial charge in [-0.2, -0.15) is 0 Å². The van der Waals surface area contributed by atoms with Gasteiger partial charge >= 0.3 is 0 Å². The lowest BCUT2D eigenvalue weighted by Crippen LogP contribution is -2.35. The van der Waals surface area contributed by atoms with Gasteiger partial charge in [0.25, 0.3) is 0 Å². The first-order valence-corrected chi connectivity index (χ1v) is 9.66. The lowest BCUT2D eigenvalue weighted by molar-refractivity contribution is -0.121. The zero-order chi connectivity index (χ0) is 18.4. The quantitative estimate of drug-likeness (QED) is 0.821. The Morgan fingerprint density at radius 1 is 1.12 bits per heavy atom. The highest BCUT2D eigenvalue weighted by Gasteiger charge is 2.21. The van der Waals surface area contributed by atoms with Crippen molar-refractivity contribution < 1.29 is 17.6 Å². The summed E-state index contributed by atoms with van der Waals surface area (Å²) in [6, 6.07) is 13.3. The maximum atomic E-state index is 13.9. The molecular formula is C18H21FN2O3S. The van der Waals surface area contributed by atoms with Gasteiger partial charge < -0.3 is 5.32 Å². The van der Waals surface area contributed by atoms with E-state index in [1.807, 2.05) is 31.2 Å². The molecule has 0 bridgehead atoms. The van der Waals surface area contributed by atoms with Gasteiger partial charge in [-0.25, -0.2) is 12.8 Å². The van der Waals surface area contributed by atoms with E-state index in [0.717, 1.165) is 21.7 Å². The van der Waals surface area contributed by atoms with Crippen LogP contribution in [0.3, 0.4) is 0 Å². The molecule has 0 aliphatic heterocycles. The molecule has 134 valence electrons. The van der Waals surface area contributed by atoms with E-state index >= 15 is 0 Å². The van der Waals surface area contributed by atoms with Crippen LogP contribution >= 0.6 is 0 Å². The first-order valence-electron chi connectivity index (χ1n) is 7.82. The second-order valence-electron chi connectivity index (χ2n) is 5.80. The van der Waals surface area contributed by atoms with Gasteiger partial charge in [0.1, 0.15) is 5.82 Å². The predicted octanol–water partition coefficient (Wildman–Crippen LogP) is 2.61. The molecule has 0 spiro atoms. The van der Waals surface area contributed by atoms with Gasteiger partial charge in [-0.3, -0.25) is 9.10 Å². The van der Waals surface area contributed by atoms with Crippen LogP contribution in [0.1, 0.15) is 17.5 Å². The summed E-state index contributed by atoms with van der Waals surface area (Å²) >= 11 is 0. The molecule has 2 rings (SSSR count). The van der Waals surface area contributed by atoms with Crippen molar-refractivity contribution in [1.29, 1.82) is 0 Å². The number of carbonyl (C=O) groups is 1. The van der Waals surface area contributed by atoms with Gasteiger partial charge in [0.2, 0.25) is 15.9 Å². The lowest BCUT2D eigenvalue weighted by Gasteiger charge is -2.22. The summed E-state index contributed by atoms with van der Waals surface area (Å²) in [6.45, 7) is 2.21. The summed E-state index contributed by atoms with van der Waals surface area (Å²) in [5.74, 6) is -0.946. The number of sulfonamides is 1. The van der Waals surface area contributed by atoms with Gasteiger partial charge in [0, 0.05) is 19.5 Å². The number of nitrogens with zero attached hydrogens (tertiary/aromatic N) is 1. The summed E-state index contributed by atoms with van der Waals surface area (Å²) in [5, 5.41) is 2.74. The van der Waals surface area contributed by atoms with E-state index < -0.39 is 15.8 Å². The molecule has 0 atom stereocenters. The van der Waals surface area contributed by atoms with E-state index in [2.05, 4.69) is 5.32 Å². The molecule has 5 nitrogen and oxygen atoms in total. The van der Waals surface area contributed by atoms with E-state index in [-0.39, 0.29) is 24.6 Å². The van der Waals surface area contributed by atoms with Crippen molar-refractivity contribution in [3.8, 4) is 0 Å². The number of hydrogen-bond acceptors (Lipinski definition) is 3. The first kappa shape index (κ1) is 18.9. The zero-order valence-corrected chi connectivity index (χ0v) is 15.0. The van der Waals surface area contributed by atoms with E-state index in [1.54, 1.807) is 6.07 Å². The molecule has 0 fully saturated rings. The Morgan fingerprint density at radius 3 is 2.36 bits per heavy atom. The van der Waals surface area contributed by atoms with Crippen molar-refractivity contribution in [2.75, 3.05) is 17.1 Å². The maximum Gasteiger partial charge on any atom is 0.232 e. The van der Waals surface area contributed by atoms with Gasteiger partial charge in [-0.15, -0.1) is 0 Å². The normalized spacial score (nSPS) is 11.2. The Labute approximate surface area is 147 Å². The molecule has 0 aliphatic carbocycles. The fourth-order valence-electron chi connectivity index (χ4n) is 2.32. The van der Waals surface area contributed by atoms with E-state index in [4.69, 9.17) is 0 Å². The molecule has 7 heteroatoms. The third-order valence-electron chi connectivity index (χ3n) is 3.67. The molecule has 1 amide bonds. The minimum Gasteiger partial charge on any atom is -0.352 e. The maximum absolute atomic E-state index is 13.9. The van der Waals surface area contributed by atoms with Crippen molar-refractivity contribution in [2.24, 2.45) is 0 Å². The van der Waals surface area contributed by atoms with Crippen LogP contribution in [-0.2, 0) is 21.4 Å². The molecule has 0 saturated heterocycles. The Morgan fingerprint density at radius 2 is 1.76 bits per heavy atom. The number of aryl methyl sites for hydroxylation is 1. The molecule has 0 aliphatic rings. The largest absolute Gasteiger partial charge is 0.352 e. The van der Waals surface area contributed by atoms with Crippen LogP contribution in [0.4, 0.5) is 10.1 Å². The number of benzene rings is 2.